The maximum Gasteiger partial charge on any atom is 0.178 e. The van der Waals surface area contributed by atoms with E-state index in [9.17, 15) is 8.42 Å². The van der Waals surface area contributed by atoms with Gasteiger partial charge in [-0.15, -0.1) is 0 Å². The number of anilines is 1. The number of rotatable bonds is 5. The van der Waals surface area contributed by atoms with E-state index in [1.165, 1.54) is 0 Å². The summed E-state index contributed by atoms with van der Waals surface area (Å²) in [5.41, 5.74) is 1.04. The van der Waals surface area contributed by atoms with Crippen molar-refractivity contribution >= 4 is 15.5 Å². The normalized spacial score (nSPS) is 19.6. The lowest BCUT2D eigenvalue weighted by atomic mass is 10.1. The highest BCUT2D eigenvalue weighted by Crippen LogP contribution is 2.21. The first-order valence-corrected chi connectivity index (χ1v) is 8.30. The molecule has 1 aliphatic heterocycles. The van der Waals surface area contributed by atoms with Crippen LogP contribution in [-0.2, 0) is 14.6 Å². The second kappa shape index (κ2) is 5.92. The van der Waals surface area contributed by atoms with Crippen LogP contribution < -0.4 is 4.90 Å². The molecule has 5 heteroatoms. The SMILES string of the molecule is CCS(=O)(=O)c1ccc(N(C)C[C@@H]2CCOC2)cc1. The lowest BCUT2D eigenvalue weighted by Gasteiger charge is -2.22. The Labute approximate surface area is 115 Å². The Balaban J connectivity index is 2.05. The van der Waals surface area contributed by atoms with Crippen LogP contribution >= 0.6 is 0 Å². The van der Waals surface area contributed by atoms with Crippen molar-refractivity contribution in [3.8, 4) is 0 Å². The number of nitrogens with zero attached hydrogens (tertiary/aromatic N) is 1. The molecular formula is C14H21NO3S. The smallest absolute Gasteiger partial charge is 0.178 e. The van der Waals surface area contributed by atoms with Crippen molar-refractivity contribution in [3.05, 3.63) is 24.3 Å². The van der Waals surface area contributed by atoms with E-state index in [4.69, 9.17) is 4.74 Å². The van der Waals surface area contributed by atoms with Gasteiger partial charge in [-0.05, 0) is 30.7 Å². The van der Waals surface area contributed by atoms with Gasteiger partial charge in [0.05, 0.1) is 17.3 Å². The molecule has 1 aromatic carbocycles. The predicted molar refractivity (Wildman–Crippen MR) is 76.4 cm³/mol. The Bertz CT molecular complexity index is 504. The van der Waals surface area contributed by atoms with Gasteiger partial charge in [0.2, 0.25) is 0 Å². The monoisotopic (exact) mass is 283 g/mol. The highest BCUT2D eigenvalue weighted by Gasteiger charge is 2.18. The summed E-state index contributed by atoms with van der Waals surface area (Å²) in [6.07, 6.45) is 1.10. The second-order valence-corrected chi connectivity index (χ2v) is 7.29. The number of ether oxygens (including phenoxy) is 1. The summed E-state index contributed by atoms with van der Waals surface area (Å²) in [7, 11) is -1.07. The van der Waals surface area contributed by atoms with Crippen LogP contribution in [0, 0.1) is 5.92 Å². The molecule has 0 N–H and O–H groups in total. The maximum absolute atomic E-state index is 11.7. The molecule has 1 atom stereocenters. The van der Waals surface area contributed by atoms with Gasteiger partial charge in [-0.2, -0.15) is 0 Å². The minimum Gasteiger partial charge on any atom is -0.381 e. The van der Waals surface area contributed by atoms with Crippen molar-refractivity contribution < 1.29 is 13.2 Å². The number of sulfone groups is 1. The molecule has 1 aromatic rings. The molecule has 4 nitrogen and oxygen atoms in total. The molecule has 0 spiro atoms. The maximum atomic E-state index is 11.7. The zero-order chi connectivity index (χ0) is 13.9. The molecule has 1 aliphatic rings. The number of hydrogen-bond acceptors (Lipinski definition) is 4. The van der Waals surface area contributed by atoms with Gasteiger partial charge in [0, 0.05) is 31.8 Å². The van der Waals surface area contributed by atoms with Gasteiger partial charge in [0.25, 0.3) is 0 Å². The van der Waals surface area contributed by atoms with Crippen LogP contribution in [0.3, 0.4) is 0 Å². The van der Waals surface area contributed by atoms with E-state index in [0.717, 1.165) is 31.9 Å². The molecule has 1 heterocycles. The van der Waals surface area contributed by atoms with Gasteiger partial charge >= 0.3 is 0 Å². The third kappa shape index (κ3) is 3.48. The Morgan fingerprint density at radius 1 is 1.32 bits per heavy atom. The Morgan fingerprint density at radius 2 is 2.00 bits per heavy atom. The average molecular weight is 283 g/mol. The van der Waals surface area contributed by atoms with Gasteiger partial charge in [0.15, 0.2) is 9.84 Å². The highest BCUT2D eigenvalue weighted by atomic mass is 32.2. The fourth-order valence-corrected chi connectivity index (χ4v) is 3.18. The summed E-state index contributed by atoms with van der Waals surface area (Å²) in [5.74, 6) is 0.714. The fraction of sp³-hybridized carbons (Fsp3) is 0.571. The highest BCUT2D eigenvalue weighted by molar-refractivity contribution is 7.91. The van der Waals surface area contributed by atoms with E-state index in [0.29, 0.717) is 10.8 Å². The first-order valence-electron chi connectivity index (χ1n) is 6.64. The van der Waals surface area contributed by atoms with Crippen LogP contribution in [0.25, 0.3) is 0 Å². The molecule has 0 saturated carbocycles. The zero-order valence-corrected chi connectivity index (χ0v) is 12.3. The fourth-order valence-electron chi connectivity index (χ4n) is 2.29. The number of benzene rings is 1. The summed E-state index contributed by atoms with van der Waals surface area (Å²) < 4.78 is 28.8. The van der Waals surface area contributed by atoms with Crippen LogP contribution in [-0.4, -0.2) is 41.0 Å². The van der Waals surface area contributed by atoms with Crippen molar-refractivity contribution in [2.75, 3.05) is 37.5 Å². The van der Waals surface area contributed by atoms with Crippen LogP contribution in [0.5, 0.6) is 0 Å². The van der Waals surface area contributed by atoms with Crippen molar-refractivity contribution in [3.63, 3.8) is 0 Å². The lowest BCUT2D eigenvalue weighted by molar-refractivity contribution is 0.186. The molecule has 2 rings (SSSR count). The third-order valence-electron chi connectivity index (χ3n) is 3.57. The minimum absolute atomic E-state index is 0.140. The Hall–Kier alpha value is -1.07. The molecule has 0 amide bonds. The Kier molecular flexibility index (Phi) is 4.47. The summed E-state index contributed by atoms with van der Waals surface area (Å²) in [6.45, 7) is 4.29. The zero-order valence-electron chi connectivity index (χ0n) is 11.5. The first kappa shape index (κ1) is 14.3. The number of hydrogen-bond donors (Lipinski definition) is 0. The second-order valence-electron chi connectivity index (χ2n) is 5.01. The van der Waals surface area contributed by atoms with E-state index in [1.807, 2.05) is 19.2 Å². The van der Waals surface area contributed by atoms with E-state index >= 15 is 0 Å². The molecule has 0 aromatic heterocycles. The van der Waals surface area contributed by atoms with Crippen LogP contribution in [0.4, 0.5) is 5.69 Å². The van der Waals surface area contributed by atoms with Gasteiger partial charge in [-0.25, -0.2) is 8.42 Å². The molecule has 0 radical (unpaired) electrons. The van der Waals surface area contributed by atoms with Gasteiger partial charge < -0.3 is 9.64 Å². The minimum atomic E-state index is -3.10. The molecule has 19 heavy (non-hydrogen) atoms. The summed E-state index contributed by atoms with van der Waals surface area (Å²) in [4.78, 5) is 2.55. The summed E-state index contributed by atoms with van der Waals surface area (Å²) in [5, 5.41) is 0. The molecule has 1 saturated heterocycles. The predicted octanol–water partition coefficient (Wildman–Crippen LogP) is 1.95. The van der Waals surface area contributed by atoms with Crippen molar-refractivity contribution in [2.24, 2.45) is 5.92 Å². The van der Waals surface area contributed by atoms with Crippen molar-refractivity contribution in [2.45, 2.75) is 18.2 Å². The molecule has 0 bridgehead atoms. The van der Waals surface area contributed by atoms with Crippen LogP contribution in [0.2, 0.25) is 0 Å². The lowest BCUT2D eigenvalue weighted by Crippen LogP contribution is -2.25. The topological polar surface area (TPSA) is 46.6 Å². The van der Waals surface area contributed by atoms with Gasteiger partial charge in [-0.3, -0.25) is 0 Å². The summed E-state index contributed by atoms with van der Waals surface area (Å²) in [6, 6.07) is 7.13. The van der Waals surface area contributed by atoms with Gasteiger partial charge in [-0.1, -0.05) is 6.92 Å². The molecule has 1 fully saturated rings. The molecule has 106 valence electrons. The van der Waals surface area contributed by atoms with E-state index in [-0.39, 0.29) is 5.75 Å². The molecular weight excluding hydrogens is 262 g/mol. The van der Waals surface area contributed by atoms with E-state index in [2.05, 4.69) is 4.90 Å². The largest absolute Gasteiger partial charge is 0.381 e. The van der Waals surface area contributed by atoms with E-state index in [1.54, 1.807) is 19.1 Å². The first-order chi connectivity index (χ1) is 9.03. The van der Waals surface area contributed by atoms with Crippen molar-refractivity contribution in [1.82, 2.24) is 0 Å². The van der Waals surface area contributed by atoms with Crippen LogP contribution in [0.1, 0.15) is 13.3 Å². The van der Waals surface area contributed by atoms with Crippen LogP contribution in [0.15, 0.2) is 29.2 Å². The van der Waals surface area contributed by atoms with Crippen molar-refractivity contribution in [1.29, 1.82) is 0 Å². The van der Waals surface area contributed by atoms with E-state index < -0.39 is 9.84 Å². The third-order valence-corrected chi connectivity index (χ3v) is 5.32. The summed E-state index contributed by atoms with van der Waals surface area (Å²) >= 11 is 0. The van der Waals surface area contributed by atoms with Gasteiger partial charge in [0.1, 0.15) is 0 Å². The Morgan fingerprint density at radius 3 is 2.53 bits per heavy atom. The average Bonchev–Trinajstić information content (AvgIpc) is 2.91. The molecule has 0 aliphatic carbocycles. The standard InChI is InChI=1S/C14H21NO3S/c1-3-19(16,17)14-6-4-13(5-7-14)15(2)10-12-8-9-18-11-12/h4-7,12H,3,8-11H2,1-2H3/t12-/m0/s1. The quantitative estimate of drug-likeness (QED) is 0.828. The molecule has 0 unspecified atom stereocenters.